The highest BCUT2D eigenvalue weighted by Gasteiger charge is 1.97. The molecule has 1 heteroatoms. The summed E-state index contributed by atoms with van der Waals surface area (Å²) in [5, 5.41) is 0. The molecule has 0 N–H and O–H groups in total. The molecule has 0 heterocycles. The van der Waals surface area contributed by atoms with Crippen molar-refractivity contribution in [2.24, 2.45) is 0 Å². The maximum absolute atomic E-state index is 5.40. The zero-order valence-corrected chi connectivity index (χ0v) is 27.9. The number of rotatable bonds is 36. The van der Waals surface area contributed by atoms with Crippen LogP contribution in [0.25, 0.3) is 0 Å². The minimum Gasteiger partial charge on any atom is -0.382 e. The van der Waals surface area contributed by atoms with E-state index in [2.05, 4.69) is 13.8 Å². The zero-order valence-electron chi connectivity index (χ0n) is 27.9. The van der Waals surface area contributed by atoms with E-state index in [-0.39, 0.29) is 0 Å². The topological polar surface area (TPSA) is 9.23 Å². The lowest BCUT2D eigenvalue weighted by molar-refractivity contribution is 0.143. The Bertz CT molecular complexity index is 356. The molecule has 0 aromatic rings. The van der Waals surface area contributed by atoms with Gasteiger partial charge in [0.25, 0.3) is 0 Å². The summed E-state index contributed by atoms with van der Waals surface area (Å²) in [5.74, 6) is 0. The van der Waals surface area contributed by atoms with E-state index in [0.717, 1.165) is 13.2 Å². The van der Waals surface area contributed by atoms with Gasteiger partial charge in [0.1, 0.15) is 0 Å². The highest BCUT2D eigenvalue weighted by atomic mass is 16.5. The summed E-state index contributed by atoms with van der Waals surface area (Å²) in [6.45, 7) is 6.24. The van der Waals surface area contributed by atoms with Crippen LogP contribution in [0.2, 0.25) is 0 Å². The van der Waals surface area contributed by atoms with Gasteiger partial charge in [0.2, 0.25) is 0 Å². The monoisotopic (exact) mass is 551 g/mol. The van der Waals surface area contributed by atoms with Crippen molar-refractivity contribution >= 4 is 0 Å². The molecule has 0 spiro atoms. The molecule has 0 aromatic heterocycles. The van der Waals surface area contributed by atoms with Gasteiger partial charge in [-0.1, -0.05) is 219 Å². The van der Waals surface area contributed by atoms with Gasteiger partial charge in [-0.3, -0.25) is 0 Å². The summed E-state index contributed by atoms with van der Waals surface area (Å²) in [6, 6.07) is 0. The molecule has 39 heavy (non-hydrogen) atoms. The molecule has 0 saturated carbocycles. The fourth-order valence-corrected chi connectivity index (χ4v) is 6.08. The van der Waals surface area contributed by atoms with Crippen LogP contribution in [0.15, 0.2) is 0 Å². The smallest absolute Gasteiger partial charge is 0.0465 e. The molecule has 0 atom stereocenters. The molecule has 0 unspecified atom stereocenters. The maximum atomic E-state index is 5.40. The van der Waals surface area contributed by atoms with Gasteiger partial charge in [0, 0.05) is 13.2 Å². The van der Waals surface area contributed by atoms with Gasteiger partial charge in [0.05, 0.1) is 0 Å². The lowest BCUT2D eigenvalue weighted by Crippen LogP contribution is -1.92. The van der Waals surface area contributed by atoms with Gasteiger partial charge in [-0.2, -0.15) is 0 Å². The predicted molar refractivity (Wildman–Crippen MR) is 179 cm³/mol. The molecule has 0 aliphatic carbocycles. The molecule has 0 rings (SSSR count). The Morgan fingerprint density at radius 1 is 0.231 bits per heavy atom. The summed E-state index contributed by atoms with van der Waals surface area (Å²) in [6.07, 6.45) is 49.9. The molecule has 0 amide bonds. The highest BCUT2D eigenvalue weighted by Crippen LogP contribution is 2.17. The van der Waals surface area contributed by atoms with Gasteiger partial charge < -0.3 is 4.74 Å². The van der Waals surface area contributed by atoms with Crippen molar-refractivity contribution in [1.29, 1.82) is 0 Å². The first-order valence-electron chi connectivity index (χ1n) is 19.0. The zero-order chi connectivity index (χ0) is 28.2. The number of hydrogen-bond acceptors (Lipinski definition) is 1. The number of unbranched alkanes of at least 4 members (excludes halogenated alkanes) is 33. The Kier molecular flexibility index (Phi) is 37.9. The first-order chi connectivity index (χ1) is 19.4. The third-order valence-corrected chi connectivity index (χ3v) is 8.85. The summed E-state index contributed by atoms with van der Waals surface area (Å²) >= 11 is 0. The first kappa shape index (κ1) is 39.0. The molecule has 0 saturated heterocycles. The van der Waals surface area contributed by atoms with Crippen LogP contribution in [0, 0.1) is 0 Å². The summed E-state index contributed by atoms with van der Waals surface area (Å²) in [4.78, 5) is 0. The van der Waals surface area contributed by atoms with Crippen LogP contribution < -0.4 is 0 Å². The Morgan fingerprint density at radius 2 is 0.410 bits per heavy atom. The molecule has 0 fully saturated rings. The fourth-order valence-electron chi connectivity index (χ4n) is 6.08. The van der Waals surface area contributed by atoms with Crippen LogP contribution in [-0.2, 0) is 4.74 Å². The van der Waals surface area contributed by atoms with Crippen LogP contribution >= 0.6 is 0 Å². The van der Waals surface area contributed by atoms with Crippen LogP contribution in [0.5, 0.6) is 0 Å². The van der Waals surface area contributed by atoms with Crippen molar-refractivity contribution in [3.8, 4) is 0 Å². The van der Waals surface area contributed by atoms with Crippen LogP contribution in [0.4, 0.5) is 0 Å². The molecule has 0 aromatic carbocycles. The molecule has 0 aliphatic rings. The van der Waals surface area contributed by atoms with Gasteiger partial charge in [-0.25, -0.2) is 0 Å². The Balaban J connectivity index is 3.01. The van der Waals surface area contributed by atoms with Crippen molar-refractivity contribution in [3.63, 3.8) is 0 Å². The maximum Gasteiger partial charge on any atom is 0.0465 e. The Labute approximate surface area is 249 Å². The van der Waals surface area contributed by atoms with Crippen molar-refractivity contribution in [2.75, 3.05) is 13.2 Å². The van der Waals surface area contributed by atoms with E-state index in [1.54, 1.807) is 0 Å². The second kappa shape index (κ2) is 38.0. The van der Waals surface area contributed by atoms with Crippen LogP contribution in [-0.4, -0.2) is 13.2 Å². The molecular formula is C38H78O. The van der Waals surface area contributed by atoms with E-state index >= 15 is 0 Å². The van der Waals surface area contributed by atoms with Gasteiger partial charge in [0.15, 0.2) is 0 Å². The average Bonchev–Trinajstić information content (AvgIpc) is 2.95. The first-order valence-corrected chi connectivity index (χ1v) is 19.0. The van der Waals surface area contributed by atoms with E-state index < -0.39 is 0 Å². The van der Waals surface area contributed by atoms with E-state index in [1.807, 2.05) is 0 Å². The molecule has 0 radical (unpaired) electrons. The summed E-state index contributed by atoms with van der Waals surface area (Å²) in [5.41, 5.74) is 0. The number of hydrogen-bond donors (Lipinski definition) is 0. The number of ether oxygens (including phenoxy) is 1. The Hall–Kier alpha value is -0.0400. The summed E-state index contributed by atoms with van der Waals surface area (Å²) < 4.78 is 5.40. The van der Waals surface area contributed by atoms with Gasteiger partial charge >= 0.3 is 0 Å². The van der Waals surface area contributed by atoms with Gasteiger partial charge in [-0.15, -0.1) is 0 Å². The molecule has 1 nitrogen and oxygen atoms in total. The van der Waals surface area contributed by atoms with E-state index in [0.29, 0.717) is 0 Å². The highest BCUT2D eigenvalue weighted by molar-refractivity contribution is 4.53. The van der Waals surface area contributed by atoms with E-state index in [9.17, 15) is 0 Å². The van der Waals surface area contributed by atoms with Crippen molar-refractivity contribution in [1.82, 2.24) is 0 Å². The molecular weight excluding hydrogens is 472 g/mol. The van der Waals surface area contributed by atoms with Crippen molar-refractivity contribution in [2.45, 2.75) is 232 Å². The second-order valence-corrected chi connectivity index (χ2v) is 12.9. The van der Waals surface area contributed by atoms with E-state index in [4.69, 9.17) is 4.74 Å². The Morgan fingerprint density at radius 3 is 0.590 bits per heavy atom. The average molecular weight is 551 g/mol. The van der Waals surface area contributed by atoms with Gasteiger partial charge in [-0.05, 0) is 13.3 Å². The minimum atomic E-state index is 0.875. The van der Waals surface area contributed by atoms with Crippen LogP contribution in [0.3, 0.4) is 0 Å². The molecule has 0 bridgehead atoms. The lowest BCUT2D eigenvalue weighted by atomic mass is 10.0. The minimum absolute atomic E-state index is 0.875. The van der Waals surface area contributed by atoms with E-state index in [1.165, 1.54) is 218 Å². The predicted octanol–water partition coefficient (Wildman–Crippen LogP) is 14.3. The SMILES string of the molecule is CCCCCCCCCCCCCCCCCCCCCCCCCCCCCCCCCCCCOCC. The third-order valence-electron chi connectivity index (χ3n) is 8.85. The third kappa shape index (κ3) is 38.0. The molecule has 236 valence electrons. The normalized spacial score (nSPS) is 11.5. The lowest BCUT2D eigenvalue weighted by Gasteiger charge is -2.05. The quantitative estimate of drug-likeness (QED) is 0.0705. The summed E-state index contributed by atoms with van der Waals surface area (Å²) in [7, 11) is 0. The fraction of sp³-hybridized carbons (Fsp3) is 1.00. The van der Waals surface area contributed by atoms with Crippen molar-refractivity contribution < 1.29 is 4.74 Å². The van der Waals surface area contributed by atoms with Crippen LogP contribution in [0.1, 0.15) is 232 Å². The standard InChI is InChI=1S/C38H78O/c1-3-5-6-7-8-9-10-11-12-13-14-15-16-17-18-19-20-21-22-23-24-25-26-27-28-29-30-31-32-33-34-35-36-37-38-39-4-2/h3-38H2,1-2H3. The molecule has 0 aliphatic heterocycles. The second-order valence-electron chi connectivity index (χ2n) is 12.9. The van der Waals surface area contributed by atoms with Crippen molar-refractivity contribution in [3.05, 3.63) is 0 Å². The largest absolute Gasteiger partial charge is 0.382 e.